The number of amides is 1. The lowest BCUT2D eigenvalue weighted by Crippen LogP contribution is -2.31. The third-order valence-electron chi connectivity index (χ3n) is 6.35. The van der Waals surface area contributed by atoms with Crippen molar-refractivity contribution < 1.29 is 13.2 Å². The number of rotatable bonds is 10. The number of nitrogens with one attached hydrogen (secondary N) is 1. The molecule has 0 bridgehead atoms. The molecule has 4 rings (SSSR count). The summed E-state index contributed by atoms with van der Waals surface area (Å²) in [4.78, 5) is 12.8. The van der Waals surface area contributed by atoms with Crippen molar-refractivity contribution in [3.05, 3.63) is 130 Å². The molecule has 0 unspecified atom stereocenters. The van der Waals surface area contributed by atoms with Gasteiger partial charge in [-0.15, -0.1) is 0 Å². The van der Waals surface area contributed by atoms with Crippen molar-refractivity contribution in [2.45, 2.75) is 38.1 Å². The molecule has 0 aliphatic rings. The van der Waals surface area contributed by atoms with Gasteiger partial charge < -0.3 is 0 Å². The molecule has 200 valence electrons. The average Bonchev–Trinajstić information content (AvgIpc) is 2.96. The molecule has 8 heteroatoms. The molecule has 0 aliphatic heterocycles. The van der Waals surface area contributed by atoms with Crippen molar-refractivity contribution in [3.8, 4) is 0 Å². The first-order valence-electron chi connectivity index (χ1n) is 12.5. The van der Waals surface area contributed by atoms with E-state index < -0.39 is 10.0 Å². The minimum atomic E-state index is -3.88. The van der Waals surface area contributed by atoms with Gasteiger partial charge in [0.25, 0.3) is 15.9 Å². The maximum atomic E-state index is 13.7. The topological polar surface area (TPSA) is 78.8 Å². The number of carbonyl (C=O) groups is 1. The van der Waals surface area contributed by atoms with Gasteiger partial charge in [-0.2, -0.15) is 5.10 Å². The Balaban J connectivity index is 1.49. The van der Waals surface area contributed by atoms with E-state index in [0.717, 1.165) is 18.6 Å². The summed E-state index contributed by atoms with van der Waals surface area (Å²) in [5.41, 5.74) is 6.94. The van der Waals surface area contributed by atoms with Gasteiger partial charge in [0.05, 0.1) is 17.1 Å². The lowest BCUT2D eigenvalue weighted by Gasteiger charge is -2.26. The summed E-state index contributed by atoms with van der Waals surface area (Å²) in [5.74, 6) is -0.333. The molecule has 0 saturated carbocycles. The highest BCUT2D eigenvalue weighted by Gasteiger charge is 2.27. The summed E-state index contributed by atoms with van der Waals surface area (Å²) in [6.45, 7) is 3.74. The number of nitrogens with zero attached hydrogens (tertiary/aromatic N) is 2. The molecule has 0 spiro atoms. The second kappa shape index (κ2) is 12.7. The Bertz CT molecular complexity index is 1560. The largest absolute Gasteiger partial charge is 0.271 e. The molecule has 1 amide bonds. The molecule has 0 saturated heterocycles. The van der Waals surface area contributed by atoms with Crippen molar-refractivity contribution in [2.24, 2.45) is 5.10 Å². The van der Waals surface area contributed by atoms with Crippen LogP contribution in [0.3, 0.4) is 0 Å². The fourth-order valence-corrected chi connectivity index (χ4v) is 5.75. The SMILES string of the molecule is C/C(CCc1ccccc1)=N/NC(=O)c1ccc(CN(c2cccc(Cl)c2C)S(=O)(=O)c2ccccc2)cc1. The molecular weight excluding hydrogens is 530 g/mol. The highest BCUT2D eigenvalue weighted by Crippen LogP contribution is 2.32. The monoisotopic (exact) mass is 559 g/mol. The maximum absolute atomic E-state index is 13.7. The minimum absolute atomic E-state index is 0.0665. The van der Waals surface area contributed by atoms with Crippen LogP contribution in [0.2, 0.25) is 5.02 Å². The van der Waals surface area contributed by atoms with E-state index in [9.17, 15) is 13.2 Å². The number of halogens is 1. The number of aryl methyl sites for hydroxylation is 1. The van der Waals surface area contributed by atoms with Crippen LogP contribution in [-0.2, 0) is 23.0 Å². The highest BCUT2D eigenvalue weighted by atomic mass is 35.5. The van der Waals surface area contributed by atoms with Gasteiger partial charge in [0.1, 0.15) is 0 Å². The van der Waals surface area contributed by atoms with Crippen molar-refractivity contribution in [2.75, 3.05) is 4.31 Å². The fraction of sp³-hybridized carbons (Fsp3) is 0.161. The number of carbonyl (C=O) groups excluding carboxylic acids is 1. The Morgan fingerprint density at radius 3 is 2.15 bits per heavy atom. The van der Waals surface area contributed by atoms with Crippen LogP contribution in [0.1, 0.15) is 40.4 Å². The van der Waals surface area contributed by atoms with E-state index in [0.29, 0.717) is 27.4 Å². The number of anilines is 1. The van der Waals surface area contributed by atoms with Gasteiger partial charge in [-0.1, -0.05) is 78.3 Å². The molecule has 1 N–H and O–H groups in total. The van der Waals surface area contributed by atoms with E-state index in [1.54, 1.807) is 79.7 Å². The molecular formula is C31H30ClN3O3S. The summed E-state index contributed by atoms with van der Waals surface area (Å²) in [6, 6.07) is 30.4. The number of sulfonamides is 1. The minimum Gasteiger partial charge on any atom is -0.267 e. The van der Waals surface area contributed by atoms with Crippen molar-refractivity contribution in [3.63, 3.8) is 0 Å². The summed E-state index contributed by atoms with van der Waals surface area (Å²) in [5, 5.41) is 4.71. The summed E-state index contributed by atoms with van der Waals surface area (Å²) < 4.78 is 28.7. The van der Waals surface area contributed by atoms with Crippen LogP contribution >= 0.6 is 11.6 Å². The molecule has 0 atom stereocenters. The van der Waals surface area contributed by atoms with Gasteiger partial charge in [0, 0.05) is 16.3 Å². The van der Waals surface area contributed by atoms with Gasteiger partial charge in [0.2, 0.25) is 0 Å². The molecule has 6 nitrogen and oxygen atoms in total. The smallest absolute Gasteiger partial charge is 0.267 e. The van der Waals surface area contributed by atoms with Gasteiger partial charge in [-0.3, -0.25) is 9.10 Å². The summed E-state index contributed by atoms with van der Waals surface area (Å²) in [6.07, 6.45) is 1.58. The molecule has 0 aromatic heterocycles. The molecule has 0 aliphatic carbocycles. The van der Waals surface area contributed by atoms with Gasteiger partial charge in [0.15, 0.2) is 0 Å². The maximum Gasteiger partial charge on any atom is 0.271 e. The second-order valence-electron chi connectivity index (χ2n) is 9.18. The van der Waals surface area contributed by atoms with Crippen LogP contribution in [0.4, 0.5) is 5.69 Å². The first kappa shape index (κ1) is 28.1. The lowest BCUT2D eigenvalue weighted by atomic mass is 10.1. The summed E-state index contributed by atoms with van der Waals surface area (Å²) in [7, 11) is -3.88. The fourth-order valence-electron chi connectivity index (χ4n) is 4.05. The third-order valence-corrected chi connectivity index (χ3v) is 8.53. The number of hydrogen-bond donors (Lipinski definition) is 1. The van der Waals surface area contributed by atoms with Gasteiger partial charge >= 0.3 is 0 Å². The van der Waals surface area contributed by atoms with Gasteiger partial charge in [-0.05, 0) is 79.8 Å². The lowest BCUT2D eigenvalue weighted by molar-refractivity contribution is 0.0954. The predicted molar refractivity (Wildman–Crippen MR) is 158 cm³/mol. The normalized spacial score (nSPS) is 11.7. The Labute approximate surface area is 235 Å². The van der Waals surface area contributed by atoms with E-state index in [2.05, 4.69) is 22.7 Å². The zero-order valence-electron chi connectivity index (χ0n) is 21.8. The second-order valence-corrected chi connectivity index (χ2v) is 11.4. The van der Waals surface area contributed by atoms with E-state index in [-0.39, 0.29) is 17.3 Å². The van der Waals surface area contributed by atoms with Crippen LogP contribution in [0, 0.1) is 6.92 Å². The molecule has 4 aromatic rings. The first-order valence-corrected chi connectivity index (χ1v) is 14.4. The first-order chi connectivity index (χ1) is 18.8. The Kier molecular flexibility index (Phi) is 9.17. The van der Waals surface area contributed by atoms with E-state index >= 15 is 0 Å². The highest BCUT2D eigenvalue weighted by molar-refractivity contribution is 7.92. The number of hydrazone groups is 1. The molecule has 0 fully saturated rings. The zero-order chi connectivity index (χ0) is 27.8. The Hall–Kier alpha value is -3.94. The van der Waals surface area contributed by atoms with E-state index in [1.165, 1.54) is 9.87 Å². The van der Waals surface area contributed by atoms with Crippen LogP contribution in [0.5, 0.6) is 0 Å². The van der Waals surface area contributed by atoms with Crippen molar-refractivity contribution >= 4 is 38.9 Å². The van der Waals surface area contributed by atoms with Crippen molar-refractivity contribution in [1.29, 1.82) is 0 Å². The van der Waals surface area contributed by atoms with Crippen LogP contribution in [0.15, 0.2) is 113 Å². The number of hydrogen-bond acceptors (Lipinski definition) is 4. The average molecular weight is 560 g/mol. The standard InChI is InChI=1S/C31H30ClN3O3S/c1-23(16-17-25-10-5-3-6-11-25)33-34-31(36)27-20-18-26(19-21-27)22-35(30-15-9-14-29(32)24(30)2)39(37,38)28-12-7-4-8-13-28/h3-15,18-21H,16-17,22H2,1-2H3,(H,34,36)/b33-23-. The van der Waals surface area contributed by atoms with E-state index in [1.807, 2.05) is 25.1 Å². The molecule has 4 aromatic carbocycles. The zero-order valence-corrected chi connectivity index (χ0v) is 23.4. The Morgan fingerprint density at radius 1 is 0.846 bits per heavy atom. The predicted octanol–water partition coefficient (Wildman–Crippen LogP) is 6.78. The molecule has 0 radical (unpaired) electrons. The van der Waals surface area contributed by atoms with Gasteiger partial charge in [-0.25, -0.2) is 13.8 Å². The molecule has 39 heavy (non-hydrogen) atoms. The summed E-state index contributed by atoms with van der Waals surface area (Å²) >= 11 is 6.34. The van der Waals surface area contributed by atoms with E-state index in [4.69, 9.17) is 11.6 Å². The van der Waals surface area contributed by atoms with Crippen LogP contribution in [-0.4, -0.2) is 20.0 Å². The number of benzene rings is 4. The Morgan fingerprint density at radius 2 is 1.49 bits per heavy atom. The quantitative estimate of drug-likeness (QED) is 0.172. The van der Waals surface area contributed by atoms with Crippen LogP contribution < -0.4 is 9.73 Å². The molecule has 0 heterocycles. The van der Waals surface area contributed by atoms with Crippen LogP contribution in [0.25, 0.3) is 0 Å². The van der Waals surface area contributed by atoms with Crippen molar-refractivity contribution in [1.82, 2.24) is 5.43 Å². The third kappa shape index (κ3) is 7.13.